The number of Topliss-reactive ketones (excluding diaryl/α,β-unsaturated/α-hetero) is 1. The van der Waals surface area contributed by atoms with Crippen LogP contribution in [0.2, 0.25) is 0 Å². The quantitative estimate of drug-likeness (QED) is 0.741. The molecule has 5 heteroatoms. The summed E-state index contributed by atoms with van der Waals surface area (Å²) in [6, 6.07) is 17.2. The topological polar surface area (TPSA) is 69.6 Å². The Morgan fingerprint density at radius 1 is 1.03 bits per heavy atom. The monoisotopic (exact) mass is 392 g/mol. The molecule has 2 N–H and O–H groups in total. The SMILES string of the molecule is CC(=O)Nc1ccc(C(=O)CN2C[C@@H]3C[C@](O)(Cc4ccccc4)C[C@@H]3C2)cc1. The smallest absolute Gasteiger partial charge is 0.221 e. The molecular formula is C24H28N2O3. The second kappa shape index (κ2) is 8.09. The third kappa shape index (κ3) is 4.74. The predicted molar refractivity (Wildman–Crippen MR) is 113 cm³/mol. The lowest BCUT2D eigenvalue weighted by molar-refractivity contribution is -0.114. The minimum atomic E-state index is -0.619. The zero-order valence-corrected chi connectivity index (χ0v) is 16.8. The minimum Gasteiger partial charge on any atom is -0.390 e. The number of hydrogen-bond donors (Lipinski definition) is 2. The molecule has 1 saturated heterocycles. The summed E-state index contributed by atoms with van der Waals surface area (Å²) in [5.41, 5.74) is 1.93. The Kier molecular flexibility index (Phi) is 5.52. The normalized spacial score (nSPS) is 26.3. The number of nitrogens with one attached hydrogen (secondary N) is 1. The fraction of sp³-hybridized carbons (Fsp3) is 0.417. The third-order valence-electron chi connectivity index (χ3n) is 6.21. The molecule has 0 unspecified atom stereocenters. The number of hydrogen-bond acceptors (Lipinski definition) is 4. The van der Waals surface area contributed by atoms with Crippen LogP contribution in [0.3, 0.4) is 0 Å². The maximum absolute atomic E-state index is 12.6. The zero-order valence-electron chi connectivity index (χ0n) is 16.8. The fourth-order valence-corrected chi connectivity index (χ4v) is 5.04. The van der Waals surface area contributed by atoms with Crippen LogP contribution in [0, 0.1) is 11.8 Å². The van der Waals surface area contributed by atoms with Gasteiger partial charge in [0.2, 0.25) is 5.91 Å². The van der Waals surface area contributed by atoms with E-state index in [2.05, 4.69) is 22.3 Å². The van der Waals surface area contributed by atoms with Crippen molar-refractivity contribution < 1.29 is 14.7 Å². The summed E-state index contributed by atoms with van der Waals surface area (Å²) < 4.78 is 0. The molecule has 2 aromatic rings. The van der Waals surface area contributed by atoms with Gasteiger partial charge in [0.25, 0.3) is 0 Å². The highest BCUT2D eigenvalue weighted by Gasteiger charge is 2.48. The van der Waals surface area contributed by atoms with E-state index in [9.17, 15) is 14.7 Å². The first-order chi connectivity index (χ1) is 13.9. The Morgan fingerprint density at radius 2 is 1.66 bits per heavy atom. The van der Waals surface area contributed by atoms with Crippen LogP contribution in [0.4, 0.5) is 5.69 Å². The first-order valence-electron chi connectivity index (χ1n) is 10.3. The first-order valence-corrected chi connectivity index (χ1v) is 10.3. The summed E-state index contributed by atoms with van der Waals surface area (Å²) in [4.78, 5) is 26.0. The van der Waals surface area contributed by atoms with Gasteiger partial charge in [-0.25, -0.2) is 0 Å². The average molecular weight is 392 g/mol. The van der Waals surface area contributed by atoms with Gasteiger partial charge in [-0.3, -0.25) is 14.5 Å². The molecule has 152 valence electrons. The van der Waals surface area contributed by atoms with E-state index < -0.39 is 5.60 Å². The Hall–Kier alpha value is -2.50. The average Bonchev–Trinajstić information content (AvgIpc) is 3.16. The highest BCUT2D eigenvalue weighted by molar-refractivity contribution is 5.98. The van der Waals surface area contributed by atoms with Crippen LogP contribution >= 0.6 is 0 Å². The Balaban J connectivity index is 1.30. The summed E-state index contributed by atoms with van der Waals surface area (Å²) in [7, 11) is 0. The lowest BCUT2D eigenvalue weighted by atomic mass is 9.91. The molecule has 1 heterocycles. The van der Waals surface area contributed by atoms with Gasteiger partial charge in [-0.15, -0.1) is 0 Å². The van der Waals surface area contributed by atoms with Gasteiger partial charge in [-0.2, -0.15) is 0 Å². The summed E-state index contributed by atoms with van der Waals surface area (Å²) >= 11 is 0. The van der Waals surface area contributed by atoms with Crippen molar-refractivity contribution in [1.82, 2.24) is 4.90 Å². The molecule has 0 radical (unpaired) electrons. The van der Waals surface area contributed by atoms with E-state index in [1.165, 1.54) is 12.5 Å². The predicted octanol–water partition coefficient (Wildman–Crippen LogP) is 3.14. The van der Waals surface area contributed by atoms with Crippen molar-refractivity contribution in [1.29, 1.82) is 0 Å². The largest absolute Gasteiger partial charge is 0.390 e. The van der Waals surface area contributed by atoms with Crippen molar-refractivity contribution in [3.8, 4) is 0 Å². The number of fused-ring (bicyclic) bond motifs is 1. The molecule has 4 rings (SSSR count). The maximum Gasteiger partial charge on any atom is 0.221 e. The first kappa shape index (κ1) is 19.8. The number of rotatable bonds is 6. The molecule has 0 spiro atoms. The molecule has 0 bridgehead atoms. The van der Waals surface area contributed by atoms with Crippen LogP contribution in [0.15, 0.2) is 54.6 Å². The highest BCUT2D eigenvalue weighted by atomic mass is 16.3. The zero-order chi connectivity index (χ0) is 20.4. The molecule has 2 fully saturated rings. The summed E-state index contributed by atoms with van der Waals surface area (Å²) in [5.74, 6) is 0.885. The van der Waals surface area contributed by atoms with Gasteiger partial charge in [0.1, 0.15) is 0 Å². The number of carbonyl (C=O) groups excluding carboxylic acids is 2. The van der Waals surface area contributed by atoms with Gasteiger partial charge in [0.05, 0.1) is 12.1 Å². The van der Waals surface area contributed by atoms with Crippen molar-refractivity contribution in [2.75, 3.05) is 25.0 Å². The lowest BCUT2D eigenvalue weighted by Crippen LogP contribution is -2.34. The molecule has 1 aliphatic carbocycles. The van der Waals surface area contributed by atoms with Crippen molar-refractivity contribution in [3.05, 3.63) is 65.7 Å². The Morgan fingerprint density at radius 3 is 2.24 bits per heavy atom. The molecule has 1 aliphatic heterocycles. The second-order valence-electron chi connectivity index (χ2n) is 8.69. The van der Waals surface area contributed by atoms with E-state index in [1.54, 1.807) is 24.3 Å². The molecule has 1 amide bonds. The molecule has 0 aromatic heterocycles. The van der Waals surface area contributed by atoms with E-state index in [-0.39, 0.29) is 11.7 Å². The van der Waals surface area contributed by atoms with Gasteiger partial charge in [0, 0.05) is 37.7 Å². The van der Waals surface area contributed by atoms with Crippen molar-refractivity contribution in [2.24, 2.45) is 11.8 Å². The van der Waals surface area contributed by atoms with Gasteiger partial charge >= 0.3 is 0 Å². The van der Waals surface area contributed by atoms with Crippen LogP contribution in [-0.4, -0.2) is 46.9 Å². The summed E-state index contributed by atoms with van der Waals surface area (Å²) in [6.45, 7) is 3.61. The van der Waals surface area contributed by atoms with E-state index in [0.29, 0.717) is 36.1 Å². The Bertz CT molecular complexity index is 865. The Labute approximate surface area is 171 Å². The van der Waals surface area contributed by atoms with Crippen molar-refractivity contribution in [3.63, 3.8) is 0 Å². The number of nitrogens with zero attached hydrogens (tertiary/aromatic N) is 1. The van der Waals surface area contributed by atoms with E-state index >= 15 is 0 Å². The van der Waals surface area contributed by atoms with Gasteiger partial charge in [-0.1, -0.05) is 30.3 Å². The molecule has 5 nitrogen and oxygen atoms in total. The molecule has 29 heavy (non-hydrogen) atoms. The summed E-state index contributed by atoms with van der Waals surface area (Å²) in [6.07, 6.45) is 2.33. The molecular weight excluding hydrogens is 364 g/mol. The van der Waals surface area contributed by atoms with E-state index in [0.717, 1.165) is 25.9 Å². The number of carbonyl (C=O) groups is 2. The van der Waals surface area contributed by atoms with Gasteiger partial charge < -0.3 is 10.4 Å². The molecule has 2 aliphatic rings. The van der Waals surface area contributed by atoms with Crippen LogP contribution in [0.25, 0.3) is 0 Å². The van der Waals surface area contributed by atoms with E-state index in [4.69, 9.17) is 0 Å². The van der Waals surface area contributed by atoms with Crippen LogP contribution < -0.4 is 5.32 Å². The third-order valence-corrected chi connectivity index (χ3v) is 6.21. The van der Waals surface area contributed by atoms with Crippen molar-refractivity contribution >= 4 is 17.4 Å². The van der Waals surface area contributed by atoms with Gasteiger partial charge in [0.15, 0.2) is 5.78 Å². The molecule has 3 atom stereocenters. The molecule has 1 saturated carbocycles. The van der Waals surface area contributed by atoms with Crippen LogP contribution in [-0.2, 0) is 11.2 Å². The number of likely N-dealkylation sites (tertiary alicyclic amines) is 1. The number of aliphatic hydroxyl groups is 1. The standard InChI is InChI=1S/C24H28N2O3/c1-17(27)25-22-9-7-19(8-10-22)23(28)16-26-14-20-12-24(29,13-21(20)15-26)11-18-5-3-2-4-6-18/h2-10,20-21,29H,11-16H2,1H3,(H,25,27)/t20-,21+,24+. The number of amides is 1. The summed E-state index contributed by atoms with van der Waals surface area (Å²) in [5, 5.41) is 13.8. The van der Waals surface area contributed by atoms with Gasteiger partial charge in [-0.05, 0) is 54.5 Å². The van der Waals surface area contributed by atoms with Crippen molar-refractivity contribution in [2.45, 2.75) is 31.8 Å². The number of anilines is 1. The maximum atomic E-state index is 12.6. The highest BCUT2D eigenvalue weighted by Crippen LogP contribution is 2.45. The number of ketones is 1. The minimum absolute atomic E-state index is 0.0962. The fourth-order valence-electron chi connectivity index (χ4n) is 5.04. The van der Waals surface area contributed by atoms with Crippen LogP contribution in [0.1, 0.15) is 35.7 Å². The lowest BCUT2D eigenvalue weighted by Gasteiger charge is -2.26. The van der Waals surface area contributed by atoms with Crippen LogP contribution in [0.5, 0.6) is 0 Å². The second-order valence-corrected chi connectivity index (χ2v) is 8.69. The number of benzene rings is 2. The molecule has 2 aromatic carbocycles. The van der Waals surface area contributed by atoms with E-state index in [1.807, 2.05) is 18.2 Å².